The Morgan fingerprint density at radius 2 is 0.646 bits per heavy atom. The fourth-order valence-electron chi connectivity index (χ4n) is 14.9. The standard InChI is InChI=1S/C24H23ClN6O3.C19H23N7O4.C19H21N7O3.C17H20N6O3.4C2HF3O2/c1-28-21-20(22(33)30(24(28)34)15-19(32)16-7-3-2-4-8-16)31(18-10-6-5-9-17(18)25)23(27-21)29-13-11-26-12-14-29;1-23-16-15(17(28)25(19(23)29)11-14(20)27)26(12-5-3-4-6-13(12)30-2)18(22-16)24-9-7-21-8-10-24;1-23-16-15(17(27)25(10-7-20)19(23)28)26(13-5-3-4-6-14(13)29-2)18(22-16)24-11-8-21-9-12-24;1-21-14-13(15(24)20-17(21)25)23(11-5-3-4-6-12(11)26-2)16(19-14)22-9-7-18-8-10-22;4*3-2(4,5)1(6)7/h2-10,26H,11-15H2,1H3;3-6,21H,7-11H2,1-2H3,(H2,20,27);3-6,21H,8-12H2,1-2H3;3-6,18H,7-10H2,1-2H3,(H,20,24,25);4*(H,6,7). The number of piperazine rings is 4. The van der Waals surface area contributed by atoms with E-state index in [1.807, 2.05) is 83.8 Å². The summed E-state index contributed by atoms with van der Waals surface area (Å²) in [6, 6.07) is 39.7. The summed E-state index contributed by atoms with van der Waals surface area (Å²) >= 11 is 6.54. The second-order valence-corrected chi connectivity index (χ2v) is 31.6. The van der Waals surface area contributed by atoms with Gasteiger partial charge in [0, 0.05) is 138 Å². The Hall–Kier alpha value is -16.9. The number of aromatic amines is 1. The number of benzene rings is 5. The molecule has 0 unspecified atom stereocenters. The largest absolute Gasteiger partial charge is 0.495 e. The van der Waals surface area contributed by atoms with E-state index in [2.05, 4.69) is 55.9 Å². The maximum atomic E-state index is 13.7. The van der Waals surface area contributed by atoms with Gasteiger partial charge in [-0.2, -0.15) is 77.9 Å². The highest BCUT2D eigenvalue weighted by Gasteiger charge is 2.42. The number of hydrogen-bond acceptors (Lipinski definition) is 30. The molecule has 13 aromatic rings. The number of aryl methyl sites for hydroxylation is 4. The summed E-state index contributed by atoms with van der Waals surface area (Å²) in [5, 5.41) is 51.2. The van der Waals surface area contributed by atoms with Crippen molar-refractivity contribution in [3.8, 4) is 46.1 Å². The third kappa shape index (κ3) is 25.8. The highest BCUT2D eigenvalue weighted by atomic mass is 35.5. The molecule has 4 saturated heterocycles. The van der Waals surface area contributed by atoms with Gasteiger partial charge in [-0.15, -0.1) is 0 Å². The maximum absolute atomic E-state index is 13.7. The zero-order valence-corrected chi connectivity index (χ0v) is 79.0. The molecule has 8 aromatic heterocycles. The zero-order chi connectivity index (χ0) is 108. The highest BCUT2D eigenvalue weighted by molar-refractivity contribution is 6.32. The predicted octanol–water partition coefficient (Wildman–Crippen LogP) is 2.81. The van der Waals surface area contributed by atoms with Crippen LogP contribution >= 0.6 is 11.6 Å². The monoisotopic (exact) mass is 2100 g/mol. The Labute approximate surface area is 821 Å². The summed E-state index contributed by atoms with van der Waals surface area (Å²) in [7, 11) is 10.9. The Kier molecular flexibility index (Phi) is 36.6. The number of hydrogen-bond donors (Lipinski definition) is 10. The van der Waals surface area contributed by atoms with E-state index in [-0.39, 0.29) is 52.4 Å². The van der Waals surface area contributed by atoms with Crippen molar-refractivity contribution in [1.82, 2.24) is 96.4 Å². The summed E-state index contributed by atoms with van der Waals surface area (Å²) in [5.41, 5.74) is 5.71. The van der Waals surface area contributed by atoms with Gasteiger partial charge in [0.25, 0.3) is 22.2 Å². The van der Waals surface area contributed by atoms with Crippen molar-refractivity contribution < 1.29 is 116 Å². The average Bonchev–Trinajstić information content (AvgIpc) is 1.58. The number of ketones is 1. The van der Waals surface area contributed by atoms with E-state index >= 15 is 0 Å². The molecule has 1 amide bonds. The second kappa shape index (κ2) is 48.0. The minimum Gasteiger partial charge on any atom is -0.495 e. The molecule has 47 nitrogen and oxygen atoms in total. The van der Waals surface area contributed by atoms with Gasteiger partial charge in [-0.1, -0.05) is 90.5 Å². The lowest BCUT2D eigenvalue weighted by atomic mass is 10.1. The van der Waals surface area contributed by atoms with Crippen LogP contribution in [0.15, 0.2) is 166 Å². The third-order valence-electron chi connectivity index (χ3n) is 21.9. The van der Waals surface area contributed by atoms with E-state index in [9.17, 15) is 101 Å². The van der Waals surface area contributed by atoms with Crippen LogP contribution in [0, 0.1) is 11.3 Å². The Bertz CT molecular complexity index is 7520. The summed E-state index contributed by atoms with van der Waals surface area (Å²) < 4.78 is 158. The van der Waals surface area contributed by atoms with E-state index in [1.54, 1.807) is 115 Å². The fourth-order valence-corrected chi connectivity index (χ4v) is 15.1. The van der Waals surface area contributed by atoms with Gasteiger partial charge >= 0.3 is 71.3 Å². The van der Waals surface area contributed by atoms with Crippen LogP contribution < -0.4 is 106 Å². The van der Waals surface area contributed by atoms with E-state index < -0.39 is 106 Å². The molecule has 4 fully saturated rings. The van der Waals surface area contributed by atoms with Gasteiger partial charge in [-0.3, -0.25) is 74.9 Å². The Morgan fingerprint density at radius 3 is 0.939 bits per heavy atom. The van der Waals surface area contributed by atoms with Gasteiger partial charge in [0.15, 0.2) is 50.4 Å². The van der Waals surface area contributed by atoms with Gasteiger partial charge in [0.1, 0.15) is 30.3 Å². The minimum absolute atomic E-state index is 0.177. The van der Waals surface area contributed by atoms with Gasteiger partial charge < -0.3 is 81.2 Å². The second-order valence-electron chi connectivity index (χ2n) is 31.2. The minimum atomic E-state index is -5.08. The molecule has 12 heterocycles. The quantitative estimate of drug-likeness (QED) is 0.0463. The number of nitrogens with two attached hydrogens (primary N) is 1. The molecule has 4 aliphatic rings. The van der Waals surface area contributed by atoms with Crippen molar-refractivity contribution in [2.75, 3.05) is 146 Å². The van der Waals surface area contributed by atoms with E-state index in [4.69, 9.17) is 81.4 Å². The number of carboxylic acids is 4. The third-order valence-corrected chi connectivity index (χ3v) is 22.2. The number of aromatic nitrogens is 16. The van der Waals surface area contributed by atoms with Crippen molar-refractivity contribution >= 4 is 116 Å². The number of anilines is 4. The lowest BCUT2D eigenvalue weighted by Crippen LogP contribution is -2.44. The van der Waals surface area contributed by atoms with Crippen molar-refractivity contribution in [3.63, 3.8) is 0 Å². The molecule has 0 bridgehead atoms. The summed E-state index contributed by atoms with van der Waals surface area (Å²) in [4.78, 5) is 193. The number of amides is 1. The lowest BCUT2D eigenvalue weighted by Gasteiger charge is -2.29. The van der Waals surface area contributed by atoms with Crippen LogP contribution in [0.3, 0.4) is 0 Å². The van der Waals surface area contributed by atoms with Crippen LogP contribution in [-0.2, 0) is 71.8 Å². The Balaban J connectivity index is 0.000000184. The van der Waals surface area contributed by atoms with Crippen molar-refractivity contribution in [2.24, 2.45) is 33.9 Å². The molecule has 11 N–H and O–H groups in total. The number of methoxy groups -OCH3 is 3. The number of para-hydroxylation sites is 7. The number of primary amides is 1. The van der Waals surface area contributed by atoms with Crippen molar-refractivity contribution in [1.29, 1.82) is 5.26 Å². The first-order chi connectivity index (χ1) is 69.4. The number of H-pyrrole nitrogens is 1. The number of nitrogens with zero attached hydrogens (tertiary/aromatic N) is 20. The van der Waals surface area contributed by atoms with Crippen LogP contribution in [0.5, 0.6) is 17.2 Å². The van der Waals surface area contributed by atoms with Gasteiger partial charge in [-0.05, 0) is 48.5 Å². The normalized spacial score (nSPS) is 13.7. The molecule has 5 aromatic carbocycles. The molecule has 0 saturated carbocycles. The summed E-state index contributed by atoms with van der Waals surface area (Å²) in [5.74, 6) is -8.15. The first-order valence-corrected chi connectivity index (χ1v) is 43.6. The number of imidazole rings is 4. The smallest absolute Gasteiger partial charge is 0.490 e. The van der Waals surface area contributed by atoms with E-state index in [0.717, 1.165) is 79.1 Å². The highest BCUT2D eigenvalue weighted by Crippen LogP contribution is 2.36. The number of carbonyl (C=O) groups excluding carboxylic acids is 2. The predicted molar refractivity (Wildman–Crippen MR) is 504 cm³/mol. The molecule has 0 radical (unpaired) electrons. The molecular weight excluding hydrogens is 2010 g/mol. The SMILES string of the molecule is COc1ccccc1-n1c(N2CCNCC2)nc2c1c(=O)[nH]c(=O)n2C.COc1ccccc1-n1c(N2CCNCC2)nc2c1c(=O)n(CC#N)c(=O)n2C.COc1ccccc1-n1c(N2CCNCC2)nc2c1c(=O)n(CC(N)=O)c(=O)n2C.Cn1c(=O)n(CC(=O)c2ccccc2)c(=O)c2c1nc(N1CCNCC1)n2-c1ccccc1Cl.O=C(O)C(F)(F)F.O=C(O)C(F)(F)F.O=C(O)C(F)(F)F.O=C(O)C(F)(F)F. The first-order valence-electron chi connectivity index (χ1n) is 43.2. The molecule has 4 aliphatic heterocycles. The number of rotatable bonds is 17. The van der Waals surface area contributed by atoms with Crippen LogP contribution in [0.1, 0.15) is 10.4 Å². The molecule has 147 heavy (non-hydrogen) atoms. The first kappa shape index (κ1) is 112. The van der Waals surface area contributed by atoms with Crippen LogP contribution in [0.4, 0.5) is 76.5 Å². The van der Waals surface area contributed by atoms with Gasteiger partial charge in [0.2, 0.25) is 29.7 Å². The molecule has 0 atom stereocenters. The molecule has 0 spiro atoms. The number of alkyl halides is 12. The Morgan fingerprint density at radius 1 is 0.388 bits per heavy atom. The average molecular weight is 2100 g/mol. The summed E-state index contributed by atoms with van der Waals surface area (Å²) in [6.45, 7) is 10.7. The number of aliphatic carboxylic acids is 4. The van der Waals surface area contributed by atoms with Gasteiger partial charge in [0.05, 0.1) is 61.7 Å². The topological polar surface area (TPSA) is 580 Å². The van der Waals surface area contributed by atoms with E-state index in [0.29, 0.717) is 125 Å². The molecule has 786 valence electrons. The number of fused-ring (bicyclic) bond motifs is 4. The van der Waals surface area contributed by atoms with Crippen LogP contribution in [0.2, 0.25) is 5.02 Å². The number of nitrogens with one attached hydrogen (secondary N) is 5. The van der Waals surface area contributed by atoms with E-state index in [1.165, 1.54) is 25.3 Å². The molecular formula is C87H91ClF12N26O21. The summed E-state index contributed by atoms with van der Waals surface area (Å²) in [6.07, 6.45) is -20.3. The number of ether oxygens (including phenoxy) is 3. The molecule has 60 heteroatoms. The van der Waals surface area contributed by atoms with Crippen LogP contribution in [0.25, 0.3) is 67.4 Å². The zero-order valence-electron chi connectivity index (χ0n) is 78.2. The molecule has 17 rings (SSSR count). The number of carbonyl (C=O) groups is 6. The van der Waals surface area contributed by atoms with Crippen molar-refractivity contribution in [2.45, 2.75) is 44.3 Å². The number of carboxylic acid groups (broad SMARTS) is 4. The lowest BCUT2D eigenvalue weighted by molar-refractivity contribution is -0.193. The van der Waals surface area contributed by atoms with Crippen molar-refractivity contribution in [3.05, 3.63) is 221 Å². The number of halogens is 13. The molecule has 0 aliphatic carbocycles. The van der Waals surface area contributed by atoms with Crippen LogP contribution in [-0.4, -0.2) is 282 Å². The van der Waals surface area contributed by atoms with Gasteiger partial charge in [-0.25, -0.2) is 47.5 Å². The fraction of sp³-hybridized carbons (Fsp3) is 0.345. The number of Topliss-reactive ketones (excluding diaryl/α,β-unsaturated/α-hetero) is 1. The maximum Gasteiger partial charge on any atom is 0.490 e. The number of nitriles is 1.